The van der Waals surface area contributed by atoms with E-state index >= 15 is 0 Å². The summed E-state index contributed by atoms with van der Waals surface area (Å²) >= 11 is 0. The molecule has 1 aliphatic rings. The molecule has 6 heteroatoms. The molecule has 0 bridgehead atoms. The molecule has 21 heavy (non-hydrogen) atoms. The third-order valence-electron chi connectivity index (χ3n) is 4.14. The maximum absolute atomic E-state index is 12.3. The number of hydrogen-bond donors (Lipinski definition) is 2. The zero-order valence-corrected chi connectivity index (χ0v) is 12.6. The van der Waals surface area contributed by atoms with E-state index in [2.05, 4.69) is 20.5 Å². The third-order valence-corrected chi connectivity index (χ3v) is 4.14. The van der Waals surface area contributed by atoms with Crippen LogP contribution < -0.4 is 5.32 Å². The van der Waals surface area contributed by atoms with Gasteiger partial charge in [0.1, 0.15) is 5.69 Å². The number of aromatic amines is 1. The van der Waals surface area contributed by atoms with Gasteiger partial charge in [-0.05, 0) is 38.2 Å². The summed E-state index contributed by atoms with van der Waals surface area (Å²) in [7, 11) is 1.83. The van der Waals surface area contributed by atoms with Crippen molar-refractivity contribution < 1.29 is 4.79 Å². The first-order valence-corrected chi connectivity index (χ1v) is 7.48. The summed E-state index contributed by atoms with van der Waals surface area (Å²) in [5.74, 6) is -0.0992. The Bertz CT molecular complexity index is 636. The third kappa shape index (κ3) is 2.70. The number of carbonyl (C=O) groups excluding carboxylic acids is 1. The lowest BCUT2D eigenvalue weighted by Crippen LogP contribution is -2.26. The first-order valence-electron chi connectivity index (χ1n) is 7.48. The van der Waals surface area contributed by atoms with Gasteiger partial charge in [-0.2, -0.15) is 5.10 Å². The van der Waals surface area contributed by atoms with Crippen molar-refractivity contribution >= 4 is 5.91 Å². The highest BCUT2D eigenvalue weighted by Gasteiger charge is 2.18. The van der Waals surface area contributed by atoms with Crippen molar-refractivity contribution in [1.82, 2.24) is 25.1 Å². The molecule has 2 aromatic heterocycles. The second-order valence-electron chi connectivity index (χ2n) is 5.66. The first kappa shape index (κ1) is 13.9. The summed E-state index contributed by atoms with van der Waals surface area (Å²) in [4.78, 5) is 16.4. The Balaban J connectivity index is 1.71. The van der Waals surface area contributed by atoms with E-state index in [1.807, 2.05) is 14.0 Å². The van der Waals surface area contributed by atoms with Crippen LogP contribution in [0.2, 0.25) is 0 Å². The van der Waals surface area contributed by atoms with Crippen LogP contribution in [0.15, 0.2) is 6.33 Å². The van der Waals surface area contributed by atoms with Crippen LogP contribution in [-0.2, 0) is 26.4 Å². The van der Waals surface area contributed by atoms with Crippen molar-refractivity contribution in [1.29, 1.82) is 0 Å². The summed E-state index contributed by atoms with van der Waals surface area (Å²) in [5.41, 5.74) is 4.87. The average molecular weight is 287 g/mol. The monoisotopic (exact) mass is 287 g/mol. The largest absolute Gasteiger partial charge is 0.345 e. The second kappa shape index (κ2) is 5.71. The van der Waals surface area contributed by atoms with E-state index < -0.39 is 0 Å². The normalized spacial score (nSPS) is 14.6. The van der Waals surface area contributed by atoms with Crippen molar-refractivity contribution in [3.8, 4) is 0 Å². The maximum Gasteiger partial charge on any atom is 0.270 e. The summed E-state index contributed by atoms with van der Waals surface area (Å²) < 4.78 is 1.75. The van der Waals surface area contributed by atoms with Gasteiger partial charge in [-0.1, -0.05) is 6.42 Å². The Morgan fingerprint density at radius 3 is 2.95 bits per heavy atom. The molecule has 6 nitrogen and oxygen atoms in total. The molecule has 0 spiro atoms. The van der Waals surface area contributed by atoms with E-state index in [1.54, 1.807) is 10.9 Å². The van der Waals surface area contributed by atoms with Crippen LogP contribution >= 0.6 is 0 Å². The van der Waals surface area contributed by atoms with Crippen LogP contribution in [0.5, 0.6) is 0 Å². The SMILES string of the molecule is Cc1ncn(C)c1C(=O)NCc1n[nH]c2c1CCCCC2. The van der Waals surface area contributed by atoms with Crippen molar-refractivity contribution in [2.45, 2.75) is 45.6 Å². The fourth-order valence-corrected chi connectivity index (χ4v) is 2.99. The summed E-state index contributed by atoms with van der Waals surface area (Å²) in [6, 6.07) is 0. The smallest absolute Gasteiger partial charge is 0.270 e. The van der Waals surface area contributed by atoms with Crippen molar-refractivity contribution in [3.63, 3.8) is 0 Å². The Morgan fingerprint density at radius 2 is 2.19 bits per heavy atom. The first-order chi connectivity index (χ1) is 10.2. The second-order valence-corrected chi connectivity index (χ2v) is 5.66. The molecular weight excluding hydrogens is 266 g/mol. The Hall–Kier alpha value is -2.11. The van der Waals surface area contributed by atoms with Gasteiger partial charge < -0.3 is 9.88 Å². The molecule has 0 aromatic carbocycles. The zero-order valence-electron chi connectivity index (χ0n) is 12.6. The van der Waals surface area contributed by atoms with E-state index in [1.165, 1.54) is 30.5 Å². The number of imidazole rings is 1. The molecule has 2 heterocycles. The minimum absolute atomic E-state index is 0.0992. The van der Waals surface area contributed by atoms with Gasteiger partial charge in [-0.25, -0.2) is 4.98 Å². The topological polar surface area (TPSA) is 75.6 Å². The molecule has 1 amide bonds. The van der Waals surface area contributed by atoms with Crippen LogP contribution in [0.1, 0.15) is 52.4 Å². The number of nitrogens with one attached hydrogen (secondary N) is 2. The van der Waals surface area contributed by atoms with Gasteiger partial charge in [0.15, 0.2) is 0 Å². The lowest BCUT2D eigenvalue weighted by Gasteiger charge is -2.07. The van der Waals surface area contributed by atoms with Crippen LogP contribution in [0, 0.1) is 6.92 Å². The van der Waals surface area contributed by atoms with E-state index in [4.69, 9.17) is 0 Å². The van der Waals surface area contributed by atoms with Gasteiger partial charge in [0.2, 0.25) is 0 Å². The molecule has 0 saturated heterocycles. The minimum Gasteiger partial charge on any atom is -0.345 e. The van der Waals surface area contributed by atoms with Crippen molar-refractivity contribution in [2.24, 2.45) is 7.05 Å². The highest BCUT2D eigenvalue weighted by atomic mass is 16.2. The van der Waals surface area contributed by atoms with E-state index in [0.29, 0.717) is 12.2 Å². The predicted molar refractivity (Wildman–Crippen MR) is 79.0 cm³/mol. The number of amides is 1. The number of rotatable bonds is 3. The summed E-state index contributed by atoms with van der Waals surface area (Å²) in [5, 5.41) is 10.5. The quantitative estimate of drug-likeness (QED) is 0.843. The summed E-state index contributed by atoms with van der Waals surface area (Å²) in [6.45, 7) is 2.31. The standard InChI is InChI=1S/C15H21N5O/c1-10-14(20(2)9-17-10)15(21)16-8-13-11-6-4-3-5-7-12(11)18-19-13/h9H,3-8H2,1-2H3,(H,16,21)(H,18,19). The highest BCUT2D eigenvalue weighted by Crippen LogP contribution is 2.21. The molecule has 0 fully saturated rings. The maximum atomic E-state index is 12.3. The molecule has 2 aromatic rings. The van der Waals surface area contributed by atoms with Crippen LogP contribution in [-0.4, -0.2) is 25.7 Å². The fourth-order valence-electron chi connectivity index (χ4n) is 2.99. The molecule has 1 aliphatic carbocycles. The minimum atomic E-state index is -0.0992. The van der Waals surface area contributed by atoms with Crippen LogP contribution in [0.25, 0.3) is 0 Å². The number of aromatic nitrogens is 4. The number of H-pyrrole nitrogens is 1. The average Bonchev–Trinajstić information content (AvgIpc) is 2.91. The number of aryl methyl sites for hydroxylation is 3. The Labute approximate surface area is 124 Å². The Morgan fingerprint density at radius 1 is 1.38 bits per heavy atom. The molecule has 3 rings (SSSR count). The van der Waals surface area contributed by atoms with E-state index in [0.717, 1.165) is 24.2 Å². The zero-order chi connectivity index (χ0) is 14.8. The lowest BCUT2D eigenvalue weighted by atomic mass is 10.1. The fraction of sp³-hybridized carbons (Fsp3) is 0.533. The number of hydrogen-bond acceptors (Lipinski definition) is 3. The highest BCUT2D eigenvalue weighted by molar-refractivity contribution is 5.93. The summed E-state index contributed by atoms with van der Waals surface area (Å²) in [6.07, 6.45) is 7.47. The van der Waals surface area contributed by atoms with Gasteiger partial charge in [0, 0.05) is 12.7 Å². The Kier molecular flexibility index (Phi) is 3.77. The lowest BCUT2D eigenvalue weighted by molar-refractivity contribution is 0.0941. The van der Waals surface area contributed by atoms with Crippen molar-refractivity contribution in [3.05, 3.63) is 34.7 Å². The van der Waals surface area contributed by atoms with Gasteiger partial charge in [-0.3, -0.25) is 9.89 Å². The molecule has 0 atom stereocenters. The molecule has 112 valence electrons. The molecule has 0 saturated carbocycles. The van der Waals surface area contributed by atoms with Gasteiger partial charge in [0.25, 0.3) is 5.91 Å². The van der Waals surface area contributed by atoms with Gasteiger partial charge >= 0.3 is 0 Å². The number of fused-ring (bicyclic) bond motifs is 1. The van der Waals surface area contributed by atoms with E-state index in [-0.39, 0.29) is 5.91 Å². The molecule has 0 radical (unpaired) electrons. The van der Waals surface area contributed by atoms with Gasteiger partial charge in [0.05, 0.1) is 24.3 Å². The predicted octanol–water partition coefficient (Wildman–Crippen LogP) is 1.65. The van der Waals surface area contributed by atoms with Crippen LogP contribution in [0.3, 0.4) is 0 Å². The van der Waals surface area contributed by atoms with Gasteiger partial charge in [-0.15, -0.1) is 0 Å². The number of carbonyl (C=O) groups is 1. The molecular formula is C15H21N5O. The van der Waals surface area contributed by atoms with Crippen molar-refractivity contribution in [2.75, 3.05) is 0 Å². The molecule has 0 unspecified atom stereocenters. The van der Waals surface area contributed by atoms with Crippen LogP contribution in [0.4, 0.5) is 0 Å². The molecule has 2 N–H and O–H groups in total. The van der Waals surface area contributed by atoms with E-state index in [9.17, 15) is 4.79 Å². The molecule has 0 aliphatic heterocycles. The number of nitrogens with zero attached hydrogens (tertiary/aromatic N) is 3.